The van der Waals surface area contributed by atoms with Gasteiger partial charge in [-0.25, -0.2) is 0 Å². The number of hydrogen-bond donors (Lipinski definition) is 2. The van der Waals surface area contributed by atoms with Crippen LogP contribution in [0, 0.1) is 6.92 Å². The van der Waals surface area contributed by atoms with Crippen LogP contribution in [0.5, 0.6) is 0 Å². The lowest BCUT2D eigenvalue weighted by molar-refractivity contribution is 0.874. The highest BCUT2D eigenvalue weighted by molar-refractivity contribution is 5.58. The van der Waals surface area contributed by atoms with Gasteiger partial charge in [-0.1, -0.05) is 6.07 Å². The van der Waals surface area contributed by atoms with Crippen LogP contribution in [0.2, 0.25) is 0 Å². The van der Waals surface area contributed by atoms with E-state index in [0.717, 1.165) is 16.9 Å². The molecule has 0 saturated carbocycles. The zero-order chi connectivity index (χ0) is 12.3. The van der Waals surface area contributed by atoms with Crippen LogP contribution in [0.25, 0.3) is 0 Å². The zero-order valence-corrected chi connectivity index (χ0v) is 10.1. The van der Waals surface area contributed by atoms with Crippen molar-refractivity contribution < 1.29 is 0 Å². The Bertz CT molecular complexity index is 494. The zero-order valence-electron chi connectivity index (χ0n) is 10.1. The highest BCUT2D eigenvalue weighted by Crippen LogP contribution is 2.23. The summed E-state index contributed by atoms with van der Waals surface area (Å²) in [6.45, 7) is 4.17. The van der Waals surface area contributed by atoms with E-state index in [1.165, 1.54) is 5.56 Å². The summed E-state index contributed by atoms with van der Waals surface area (Å²) in [4.78, 5) is 4.12. The number of pyridine rings is 1. The monoisotopic (exact) mass is 227 g/mol. The standard InChI is InChI=1S/C14H17N3/c1-10-8-13(15)5-6-14(10)17-11(2)12-4-3-7-16-9-12/h3-9,11,17H,15H2,1-2H3. The fraction of sp³-hybridized carbons (Fsp3) is 0.214. The molecule has 0 bridgehead atoms. The van der Waals surface area contributed by atoms with Gasteiger partial charge in [0, 0.05) is 23.8 Å². The molecule has 2 rings (SSSR count). The van der Waals surface area contributed by atoms with Crippen LogP contribution in [-0.4, -0.2) is 4.98 Å². The van der Waals surface area contributed by atoms with Gasteiger partial charge in [0.2, 0.25) is 0 Å². The van der Waals surface area contributed by atoms with Gasteiger partial charge in [0.05, 0.1) is 6.04 Å². The number of hydrogen-bond acceptors (Lipinski definition) is 3. The predicted molar refractivity (Wildman–Crippen MR) is 71.9 cm³/mol. The van der Waals surface area contributed by atoms with Crippen LogP contribution in [0.3, 0.4) is 0 Å². The number of nitrogens with two attached hydrogens (primary N) is 1. The summed E-state index contributed by atoms with van der Waals surface area (Å²) in [5, 5.41) is 3.46. The Balaban J connectivity index is 2.16. The molecule has 1 unspecified atom stereocenters. The van der Waals surface area contributed by atoms with Crippen molar-refractivity contribution in [2.24, 2.45) is 0 Å². The molecule has 1 aromatic heterocycles. The summed E-state index contributed by atoms with van der Waals surface area (Å²) in [5.41, 5.74) is 9.96. The molecule has 17 heavy (non-hydrogen) atoms. The van der Waals surface area contributed by atoms with Gasteiger partial charge in [-0.05, 0) is 49.2 Å². The molecule has 1 heterocycles. The molecule has 0 aliphatic carbocycles. The first-order valence-electron chi connectivity index (χ1n) is 5.69. The van der Waals surface area contributed by atoms with E-state index in [4.69, 9.17) is 5.73 Å². The van der Waals surface area contributed by atoms with Gasteiger partial charge in [0.25, 0.3) is 0 Å². The van der Waals surface area contributed by atoms with Gasteiger partial charge in [-0.3, -0.25) is 4.98 Å². The number of anilines is 2. The van der Waals surface area contributed by atoms with Gasteiger partial charge >= 0.3 is 0 Å². The fourth-order valence-corrected chi connectivity index (χ4v) is 1.80. The number of aromatic nitrogens is 1. The molecule has 0 aliphatic rings. The molecule has 0 amide bonds. The smallest absolute Gasteiger partial charge is 0.0500 e. The molecule has 3 nitrogen and oxygen atoms in total. The molecule has 0 fully saturated rings. The Morgan fingerprint density at radius 2 is 2.12 bits per heavy atom. The predicted octanol–water partition coefficient (Wildman–Crippen LogP) is 3.15. The maximum Gasteiger partial charge on any atom is 0.0500 e. The highest BCUT2D eigenvalue weighted by Gasteiger charge is 2.06. The minimum atomic E-state index is 0.228. The summed E-state index contributed by atoms with van der Waals surface area (Å²) in [6, 6.07) is 10.1. The van der Waals surface area contributed by atoms with E-state index in [-0.39, 0.29) is 6.04 Å². The SMILES string of the molecule is Cc1cc(N)ccc1NC(C)c1cccnc1. The number of nitrogens with one attached hydrogen (secondary N) is 1. The molecule has 3 heteroatoms. The summed E-state index contributed by atoms with van der Waals surface area (Å²) in [5.74, 6) is 0. The van der Waals surface area contributed by atoms with Gasteiger partial charge in [0.15, 0.2) is 0 Å². The Morgan fingerprint density at radius 1 is 1.29 bits per heavy atom. The van der Waals surface area contributed by atoms with Crippen LogP contribution in [0.4, 0.5) is 11.4 Å². The Labute approximate surface area is 102 Å². The summed E-state index contributed by atoms with van der Waals surface area (Å²) < 4.78 is 0. The largest absolute Gasteiger partial charge is 0.399 e. The molecule has 1 atom stereocenters. The lowest BCUT2D eigenvalue weighted by Gasteiger charge is -2.17. The third kappa shape index (κ3) is 2.75. The molecule has 88 valence electrons. The fourth-order valence-electron chi connectivity index (χ4n) is 1.80. The van der Waals surface area contributed by atoms with E-state index in [1.807, 2.05) is 30.5 Å². The van der Waals surface area contributed by atoms with Crippen molar-refractivity contribution in [2.75, 3.05) is 11.1 Å². The molecule has 0 aliphatic heterocycles. The molecule has 2 aromatic rings. The molecule has 3 N–H and O–H groups in total. The van der Waals surface area contributed by atoms with E-state index < -0.39 is 0 Å². The van der Waals surface area contributed by atoms with Crippen molar-refractivity contribution in [3.63, 3.8) is 0 Å². The van der Waals surface area contributed by atoms with Crippen molar-refractivity contribution >= 4 is 11.4 Å². The van der Waals surface area contributed by atoms with Crippen molar-refractivity contribution in [2.45, 2.75) is 19.9 Å². The van der Waals surface area contributed by atoms with Crippen molar-refractivity contribution in [1.82, 2.24) is 4.98 Å². The van der Waals surface area contributed by atoms with Gasteiger partial charge in [-0.15, -0.1) is 0 Å². The number of aryl methyl sites for hydroxylation is 1. The van der Waals surface area contributed by atoms with Gasteiger partial charge in [-0.2, -0.15) is 0 Å². The Kier molecular flexibility index (Phi) is 3.28. The van der Waals surface area contributed by atoms with E-state index in [2.05, 4.69) is 30.2 Å². The summed E-state index contributed by atoms with van der Waals surface area (Å²) in [7, 11) is 0. The molecule has 0 spiro atoms. The first-order valence-corrected chi connectivity index (χ1v) is 5.69. The van der Waals surface area contributed by atoms with Crippen LogP contribution in [-0.2, 0) is 0 Å². The minimum absolute atomic E-state index is 0.228. The second-order valence-corrected chi connectivity index (χ2v) is 4.23. The van der Waals surface area contributed by atoms with Crippen LogP contribution < -0.4 is 11.1 Å². The Morgan fingerprint density at radius 3 is 2.76 bits per heavy atom. The molecule has 0 saturated heterocycles. The first kappa shape index (κ1) is 11.5. The van der Waals surface area contributed by atoms with Gasteiger partial charge < -0.3 is 11.1 Å². The quantitative estimate of drug-likeness (QED) is 0.792. The molecular weight excluding hydrogens is 210 g/mol. The lowest BCUT2D eigenvalue weighted by Crippen LogP contribution is -2.08. The van der Waals surface area contributed by atoms with E-state index >= 15 is 0 Å². The third-order valence-electron chi connectivity index (χ3n) is 2.81. The second-order valence-electron chi connectivity index (χ2n) is 4.23. The topological polar surface area (TPSA) is 50.9 Å². The van der Waals surface area contributed by atoms with E-state index in [0.29, 0.717) is 0 Å². The average Bonchev–Trinajstić information content (AvgIpc) is 2.34. The van der Waals surface area contributed by atoms with E-state index in [9.17, 15) is 0 Å². The van der Waals surface area contributed by atoms with Crippen LogP contribution in [0.15, 0.2) is 42.7 Å². The van der Waals surface area contributed by atoms with Crippen LogP contribution in [0.1, 0.15) is 24.1 Å². The number of rotatable bonds is 3. The van der Waals surface area contributed by atoms with Crippen molar-refractivity contribution in [3.8, 4) is 0 Å². The first-order chi connectivity index (χ1) is 8.16. The Hall–Kier alpha value is -2.03. The summed E-state index contributed by atoms with van der Waals surface area (Å²) in [6.07, 6.45) is 3.66. The average molecular weight is 227 g/mol. The van der Waals surface area contributed by atoms with Crippen molar-refractivity contribution in [3.05, 3.63) is 53.9 Å². The number of benzene rings is 1. The third-order valence-corrected chi connectivity index (χ3v) is 2.81. The summed E-state index contributed by atoms with van der Waals surface area (Å²) >= 11 is 0. The number of nitrogens with zero attached hydrogens (tertiary/aromatic N) is 1. The maximum atomic E-state index is 5.73. The van der Waals surface area contributed by atoms with Gasteiger partial charge in [0.1, 0.15) is 0 Å². The second kappa shape index (κ2) is 4.87. The van der Waals surface area contributed by atoms with Crippen LogP contribution >= 0.6 is 0 Å². The minimum Gasteiger partial charge on any atom is -0.399 e. The number of nitrogen functional groups attached to an aromatic ring is 1. The highest BCUT2D eigenvalue weighted by atomic mass is 14.9. The van der Waals surface area contributed by atoms with Crippen molar-refractivity contribution in [1.29, 1.82) is 0 Å². The molecular formula is C14H17N3. The normalized spacial score (nSPS) is 12.1. The molecule has 0 radical (unpaired) electrons. The lowest BCUT2D eigenvalue weighted by atomic mass is 10.1. The molecule has 1 aromatic carbocycles. The van der Waals surface area contributed by atoms with E-state index in [1.54, 1.807) is 6.20 Å². The maximum absolute atomic E-state index is 5.73.